The number of carbonyl (C=O) groups is 1. The molecule has 0 aliphatic carbocycles. The van der Waals surface area contributed by atoms with Crippen LogP contribution in [0.15, 0.2) is 59.7 Å². The summed E-state index contributed by atoms with van der Waals surface area (Å²) in [5.74, 6) is -0.0349. The monoisotopic (exact) mass is 375 g/mol. The highest BCUT2D eigenvalue weighted by Gasteiger charge is 2.42. The molecule has 1 aromatic heterocycles. The average molecular weight is 375 g/mol. The van der Waals surface area contributed by atoms with Gasteiger partial charge in [-0.25, -0.2) is 4.99 Å². The summed E-state index contributed by atoms with van der Waals surface area (Å²) in [5, 5.41) is 15.8. The zero-order valence-electron chi connectivity index (χ0n) is 16.4. The number of para-hydroxylation sites is 2. The molecule has 4 rings (SSSR count). The van der Waals surface area contributed by atoms with Gasteiger partial charge < -0.3 is 15.4 Å². The van der Waals surface area contributed by atoms with E-state index in [9.17, 15) is 9.90 Å². The summed E-state index contributed by atoms with van der Waals surface area (Å²) in [6.07, 6.45) is 2.24. The first-order chi connectivity index (χ1) is 13.3. The van der Waals surface area contributed by atoms with Crippen molar-refractivity contribution in [3.8, 4) is 0 Å². The number of hydrogen-bond acceptors (Lipinski definition) is 3. The third kappa shape index (κ3) is 3.02. The lowest BCUT2D eigenvalue weighted by Crippen LogP contribution is -2.41. The molecule has 3 aromatic rings. The van der Waals surface area contributed by atoms with Gasteiger partial charge in [0.05, 0.1) is 16.9 Å². The summed E-state index contributed by atoms with van der Waals surface area (Å²) in [7, 11) is 0. The molecule has 0 bridgehead atoms. The van der Waals surface area contributed by atoms with Crippen LogP contribution in [0.5, 0.6) is 0 Å². The Labute approximate surface area is 164 Å². The van der Waals surface area contributed by atoms with Gasteiger partial charge in [0, 0.05) is 41.1 Å². The van der Waals surface area contributed by atoms with E-state index in [0.29, 0.717) is 18.7 Å². The molecule has 0 spiro atoms. The topological polar surface area (TPSA) is 77.5 Å². The number of carbonyl (C=O) groups excluding carboxylic acids is 1. The molecule has 1 aliphatic rings. The minimum Gasteiger partial charge on any atom is -0.379 e. The Morgan fingerprint density at radius 1 is 1.14 bits per heavy atom. The number of fused-ring (bicyclic) bond motifs is 2. The minimum atomic E-state index is -1.26. The van der Waals surface area contributed by atoms with Gasteiger partial charge in [0.15, 0.2) is 0 Å². The molecule has 2 aromatic carbocycles. The first-order valence-corrected chi connectivity index (χ1v) is 9.56. The van der Waals surface area contributed by atoms with Crippen molar-refractivity contribution in [3.63, 3.8) is 0 Å². The third-order valence-corrected chi connectivity index (χ3v) is 5.27. The van der Waals surface area contributed by atoms with Crippen LogP contribution in [-0.4, -0.2) is 28.3 Å². The molecule has 0 saturated carbocycles. The van der Waals surface area contributed by atoms with Crippen molar-refractivity contribution < 1.29 is 9.90 Å². The van der Waals surface area contributed by atoms with Gasteiger partial charge in [0.1, 0.15) is 5.60 Å². The lowest BCUT2D eigenvalue weighted by atomic mass is 9.83. The highest BCUT2D eigenvalue weighted by atomic mass is 16.3. The van der Waals surface area contributed by atoms with Gasteiger partial charge in [-0.2, -0.15) is 0 Å². The maximum Gasteiger partial charge on any atom is 0.225 e. The van der Waals surface area contributed by atoms with E-state index in [1.165, 1.54) is 0 Å². The van der Waals surface area contributed by atoms with E-state index in [1.807, 2.05) is 75.5 Å². The van der Waals surface area contributed by atoms with Crippen LogP contribution in [0, 0.1) is 5.41 Å². The Balaban J connectivity index is 1.71. The number of aromatic nitrogens is 1. The first kappa shape index (κ1) is 18.4. The molecule has 3 N–H and O–H groups in total. The van der Waals surface area contributed by atoms with E-state index in [4.69, 9.17) is 4.99 Å². The average Bonchev–Trinajstić information content (AvgIpc) is 3.24. The molecule has 5 nitrogen and oxygen atoms in total. The van der Waals surface area contributed by atoms with Gasteiger partial charge in [0.25, 0.3) is 0 Å². The summed E-state index contributed by atoms with van der Waals surface area (Å²) < 4.78 is 0. The van der Waals surface area contributed by atoms with Crippen LogP contribution >= 0.6 is 0 Å². The maximum absolute atomic E-state index is 12.3. The summed E-state index contributed by atoms with van der Waals surface area (Å²) in [5.41, 5.74) is 2.26. The standard InChI is InChI=1S/C23H25N3O2/c1-22(2,3)21(27)25-14-12-23(28)17-9-4-5-10-18(17)26-20(23)16-8-6-7-15-11-13-24-19(15)16/h4-11,13,24,28H,12,14H2,1-3H3,(H,25,27)/t23-/m1/s1. The molecule has 5 heteroatoms. The van der Waals surface area contributed by atoms with Gasteiger partial charge in [-0.3, -0.25) is 4.79 Å². The highest BCUT2D eigenvalue weighted by molar-refractivity contribution is 6.17. The van der Waals surface area contributed by atoms with E-state index < -0.39 is 11.0 Å². The fourth-order valence-corrected chi connectivity index (χ4v) is 3.70. The van der Waals surface area contributed by atoms with Crippen LogP contribution in [0.3, 0.4) is 0 Å². The predicted molar refractivity (Wildman–Crippen MR) is 112 cm³/mol. The summed E-state index contributed by atoms with van der Waals surface area (Å²) >= 11 is 0. The molecule has 28 heavy (non-hydrogen) atoms. The fourth-order valence-electron chi connectivity index (χ4n) is 3.70. The van der Waals surface area contributed by atoms with Crippen LogP contribution < -0.4 is 5.32 Å². The van der Waals surface area contributed by atoms with E-state index in [1.54, 1.807) is 0 Å². The largest absolute Gasteiger partial charge is 0.379 e. The summed E-state index contributed by atoms with van der Waals surface area (Å²) in [6.45, 7) is 5.99. The Hall–Kier alpha value is -2.92. The molecule has 0 saturated heterocycles. The van der Waals surface area contributed by atoms with Crippen molar-refractivity contribution in [1.82, 2.24) is 10.3 Å². The van der Waals surface area contributed by atoms with Crippen LogP contribution in [0.1, 0.15) is 38.3 Å². The first-order valence-electron chi connectivity index (χ1n) is 9.56. The van der Waals surface area contributed by atoms with Crippen LogP contribution in [0.2, 0.25) is 0 Å². The second-order valence-corrected chi connectivity index (χ2v) is 8.34. The zero-order chi connectivity index (χ0) is 19.9. The van der Waals surface area contributed by atoms with Crippen LogP contribution in [0.4, 0.5) is 5.69 Å². The molecule has 1 amide bonds. The number of amides is 1. The third-order valence-electron chi connectivity index (χ3n) is 5.27. The molecular weight excluding hydrogens is 350 g/mol. The minimum absolute atomic E-state index is 0.0349. The molecule has 1 aliphatic heterocycles. The molecule has 0 radical (unpaired) electrons. The van der Waals surface area contributed by atoms with E-state index in [0.717, 1.165) is 27.7 Å². The second kappa shape index (κ2) is 6.60. The number of H-pyrrole nitrogens is 1. The SMILES string of the molecule is CC(C)(C)C(=O)NCC[C@]1(O)C(c2cccc3cc[nH]c23)=Nc2ccccc21. The van der Waals surface area contributed by atoms with Gasteiger partial charge in [0.2, 0.25) is 5.91 Å². The Morgan fingerprint density at radius 2 is 1.93 bits per heavy atom. The summed E-state index contributed by atoms with van der Waals surface area (Å²) in [6, 6.07) is 15.6. The van der Waals surface area contributed by atoms with Gasteiger partial charge in [-0.1, -0.05) is 57.2 Å². The smallest absolute Gasteiger partial charge is 0.225 e. The quantitative estimate of drug-likeness (QED) is 0.643. The lowest BCUT2D eigenvalue weighted by molar-refractivity contribution is -0.128. The number of hydrogen-bond donors (Lipinski definition) is 3. The van der Waals surface area contributed by atoms with E-state index in [2.05, 4.69) is 10.3 Å². The molecule has 0 fully saturated rings. The van der Waals surface area contributed by atoms with Crippen molar-refractivity contribution in [2.24, 2.45) is 10.4 Å². The van der Waals surface area contributed by atoms with Crippen LogP contribution in [-0.2, 0) is 10.4 Å². The highest BCUT2D eigenvalue weighted by Crippen LogP contribution is 2.43. The van der Waals surface area contributed by atoms with Gasteiger partial charge in [-0.15, -0.1) is 0 Å². The van der Waals surface area contributed by atoms with Gasteiger partial charge >= 0.3 is 0 Å². The number of nitrogens with one attached hydrogen (secondary N) is 2. The zero-order valence-corrected chi connectivity index (χ0v) is 16.4. The number of rotatable bonds is 4. The second-order valence-electron chi connectivity index (χ2n) is 8.34. The van der Waals surface area contributed by atoms with E-state index >= 15 is 0 Å². The lowest BCUT2D eigenvalue weighted by Gasteiger charge is -2.28. The number of aliphatic hydroxyl groups is 1. The van der Waals surface area contributed by atoms with E-state index in [-0.39, 0.29) is 5.91 Å². The Bertz CT molecular complexity index is 1070. The number of aliphatic imine (C=N–C) groups is 1. The number of aromatic amines is 1. The molecular formula is C23H25N3O2. The molecule has 0 unspecified atom stereocenters. The van der Waals surface area contributed by atoms with Crippen molar-refractivity contribution in [2.45, 2.75) is 32.8 Å². The Kier molecular flexibility index (Phi) is 4.35. The maximum atomic E-state index is 12.3. The number of nitrogens with zero attached hydrogens (tertiary/aromatic N) is 1. The van der Waals surface area contributed by atoms with Crippen molar-refractivity contribution in [3.05, 3.63) is 65.9 Å². The number of benzene rings is 2. The van der Waals surface area contributed by atoms with Crippen molar-refractivity contribution in [2.75, 3.05) is 6.54 Å². The predicted octanol–water partition coefficient (Wildman–Crippen LogP) is 4.04. The van der Waals surface area contributed by atoms with Crippen molar-refractivity contribution >= 4 is 28.2 Å². The normalized spacial score (nSPS) is 18.8. The molecule has 2 heterocycles. The van der Waals surface area contributed by atoms with Gasteiger partial charge in [-0.05, 0) is 12.1 Å². The van der Waals surface area contributed by atoms with Crippen molar-refractivity contribution in [1.29, 1.82) is 0 Å². The van der Waals surface area contributed by atoms with Crippen LogP contribution in [0.25, 0.3) is 10.9 Å². The molecule has 1 atom stereocenters. The molecule has 144 valence electrons. The summed E-state index contributed by atoms with van der Waals surface area (Å²) in [4.78, 5) is 20.3. The Morgan fingerprint density at radius 3 is 2.71 bits per heavy atom. The fraction of sp³-hybridized carbons (Fsp3) is 0.304.